The van der Waals surface area contributed by atoms with Crippen LogP contribution in [0.5, 0.6) is 0 Å². The molecule has 1 saturated carbocycles. The molecule has 0 radical (unpaired) electrons. The van der Waals surface area contributed by atoms with Crippen molar-refractivity contribution in [3.63, 3.8) is 0 Å². The molecule has 0 atom stereocenters. The molecule has 0 aliphatic heterocycles. The van der Waals surface area contributed by atoms with Crippen LogP contribution in [0.25, 0.3) is 0 Å². The van der Waals surface area contributed by atoms with Gasteiger partial charge in [0.25, 0.3) is 5.91 Å². The van der Waals surface area contributed by atoms with Crippen LogP contribution in [0.1, 0.15) is 42.6 Å². The van der Waals surface area contributed by atoms with Crippen LogP contribution in [0.15, 0.2) is 24.3 Å². The molecule has 0 bridgehead atoms. The zero-order valence-corrected chi connectivity index (χ0v) is 11.5. The molecule has 1 fully saturated rings. The summed E-state index contributed by atoms with van der Waals surface area (Å²) in [6, 6.07) is 7.88. The van der Waals surface area contributed by atoms with Gasteiger partial charge in [0.2, 0.25) is 0 Å². The van der Waals surface area contributed by atoms with E-state index in [4.69, 9.17) is 4.79 Å². The first kappa shape index (κ1) is 16.4. The second kappa shape index (κ2) is 9.40. The molecule has 0 unspecified atom stereocenters. The maximum absolute atomic E-state index is 11.5. The standard InChI is InChI=1S/C12H15NO.C2H6.CH2O/c1-13-12(14)11-5-3-2-4-10(11)8-9-6-7-9;2*1-2/h2-5,9H,6-8H2,1H3,(H,13,14);1-2H3;1H2. The molecule has 0 spiro atoms. The number of hydrogen-bond donors (Lipinski definition) is 1. The minimum atomic E-state index is 0.0289. The van der Waals surface area contributed by atoms with Crippen molar-refractivity contribution in [1.29, 1.82) is 0 Å². The number of amides is 1. The van der Waals surface area contributed by atoms with Crippen LogP contribution >= 0.6 is 0 Å². The average molecular weight is 249 g/mol. The summed E-state index contributed by atoms with van der Waals surface area (Å²) in [5, 5.41) is 2.68. The molecule has 3 nitrogen and oxygen atoms in total. The summed E-state index contributed by atoms with van der Waals surface area (Å²) in [5.41, 5.74) is 2.02. The van der Waals surface area contributed by atoms with Crippen LogP contribution in [0.2, 0.25) is 0 Å². The zero-order valence-electron chi connectivity index (χ0n) is 11.5. The summed E-state index contributed by atoms with van der Waals surface area (Å²) < 4.78 is 0. The smallest absolute Gasteiger partial charge is 0.251 e. The maximum atomic E-state index is 11.5. The van der Waals surface area contributed by atoms with Gasteiger partial charge >= 0.3 is 0 Å². The van der Waals surface area contributed by atoms with E-state index in [-0.39, 0.29) is 5.91 Å². The summed E-state index contributed by atoms with van der Waals surface area (Å²) >= 11 is 0. The Bertz CT molecular complexity index is 359. The largest absolute Gasteiger partial charge is 0.355 e. The van der Waals surface area contributed by atoms with E-state index in [2.05, 4.69) is 11.4 Å². The van der Waals surface area contributed by atoms with E-state index in [1.807, 2.05) is 38.8 Å². The Morgan fingerprint density at radius 2 is 1.83 bits per heavy atom. The Hall–Kier alpha value is -1.64. The molecule has 3 heteroatoms. The highest BCUT2D eigenvalue weighted by atomic mass is 16.1. The summed E-state index contributed by atoms with van der Waals surface area (Å²) in [6.45, 7) is 6.00. The van der Waals surface area contributed by atoms with E-state index in [9.17, 15) is 4.79 Å². The van der Waals surface area contributed by atoms with Gasteiger partial charge < -0.3 is 10.1 Å². The van der Waals surface area contributed by atoms with Gasteiger partial charge in [0, 0.05) is 12.6 Å². The second-order valence-corrected chi connectivity index (χ2v) is 3.88. The molecule has 1 amide bonds. The molecule has 1 N–H and O–H groups in total. The van der Waals surface area contributed by atoms with Crippen LogP contribution in [-0.4, -0.2) is 19.7 Å². The number of rotatable bonds is 3. The fourth-order valence-corrected chi connectivity index (χ4v) is 1.69. The Kier molecular flexibility index (Phi) is 8.54. The third kappa shape index (κ3) is 5.13. The van der Waals surface area contributed by atoms with Gasteiger partial charge in [-0.2, -0.15) is 0 Å². The van der Waals surface area contributed by atoms with Crippen molar-refractivity contribution in [1.82, 2.24) is 5.32 Å². The van der Waals surface area contributed by atoms with Gasteiger partial charge in [0.05, 0.1) is 0 Å². The fourth-order valence-electron chi connectivity index (χ4n) is 1.69. The lowest BCUT2D eigenvalue weighted by atomic mass is 10.0. The zero-order chi connectivity index (χ0) is 14.0. The van der Waals surface area contributed by atoms with Gasteiger partial charge in [-0.1, -0.05) is 32.0 Å². The maximum Gasteiger partial charge on any atom is 0.251 e. The summed E-state index contributed by atoms with van der Waals surface area (Å²) in [7, 11) is 1.68. The SMILES string of the molecule is C=O.CC.CNC(=O)c1ccccc1CC1CC1. The van der Waals surface area contributed by atoms with Gasteiger partial charge in [0.1, 0.15) is 6.79 Å². The fraction of sp³-hybridized carbons (Fsp3) is 0.467. The predicted molar refractivity (Wildman–Crippen MR) is 74.7 cm³/mol. The van der Waals surface area contributed by atoms with Crippen LogP contribution in [0, 0.1) is 5.92 Å². The van der Waals surface area contributed by atoms with Crippen molar-refractivity contribution >= 4 is 12.7 Å². The van der Waals surface area contributed by atoms with Gasteiger partial charge in [-0.15, -0.1) is 0 Å². The number of carbonyl (C=O) groups excluding carboxylic acids is 2. The van der Waals surface area contributed by atoms with Crippen molar-refractivity contribution in [3.05, 3.63) is 35.4 Å². The van der Waals surface area contributed by atoms with E-state index in [0.717, 1.165) is 17.9 Å². The van der Waals surface area contributed by atoms with E-state index in [0.29, 0.717) is 0 Å². The molecule has 1 aliphatic carbocycles. The first-order valence-corrected chi connectivity index (χ1v) is 6.40. The van der Waals surface area contributed by atoms with Crippen molar-refractivity contribution < 1.29 is 9.59 Å². The minimum Gasteiger partial charge on any atom is -0.355 e. The van der Waals surface area contributed by atoms with Gasteiger partial charge in [-0.3, -0.25) is 4.79 Å². The highest BCUT2D eigenvalue weighted by Crippen LogP contribution is 2.33. The van der Waals surface area contributed by atoms with E-state index >= 15 is 0 Å². The lowest BCUT2D eigenvalue weighted by Crippen LogP contribution is -2.19. The molecule has 1 aliphatic rings. The monoisotopic (exact) mass is 249 g/mol. The number of benzene rings is 1. The number of carbonyl (C=O) groups is 2. The van der Waals surface area contributed by atoms with Crippen molar-refractivity contribution in [2.45, 2.75) is 33.1 Å². The Balaban J connectivity index is 0.000000659. The first-order chi connectivity index (χ1) is 8.81. The summed E-state index contributed by atoms with van der Waals surface area (Å²) in [5.74, 6) is 0.849. The molecule has 2 rings (SSSR count). The van der Waals surface area contributed by atoms with Crippen molar-refractivity contribution in [2.24, 2.45) is 5.92 Å². The van der Waals surface area contributed by atoms with Crippen molar-refractivity contribution in [2.75, 3.05) is 7.05 Å². The quantitative estimate of drug-likeness (QED) is 0.895. The van der Waals surface area contributed by atoms with E-state index < -0.39 is 0 Å². The topological polar surface area (TPSA) is 46.2 Å². The Morgan fingerprint density at radius 1 is 1.28 bits per heavy atom. The highest BCUT2D eigenvalue weighted by molar-refractivity contribution is 5.95. The van der Waals surface area contributed by atoms with Gasteiger partial charge in [-0.05, 0) is 36.8 Å². The normalized spacial score (nSPS) is 12.4. The minimum absolute atomic E-state index is 0.0289. The molecule has 0 aromatic heterocycles. The lowest BCUT2D eigenvalue weighted by Gasteiger charge is -2.06. The van der Waals surface area contributed by atoms with Crippen LogP contribution < -0.4 is 5.32 Å². The van der Waals surface area contributed by atoms with E-state index in [1.54, 1.807) is 7.05 Å². The Morgan fingerprint density at radius 3 is 2.33 bits per heavy atom. The summed E-state index contributed by atoms with van der Waals surface area (Å²) in [4.78, 5) is 19.5. The summed E-state index contributed by atoms with van der Waals surface area (Å²) in [6.07, 6.45) is 3.70. The third-order valence-electron chi connectivity index (χ3n) is 2.69. The molecule has 0 heterocycles. The third-order valence-corrected chi connectivity index (χ3v) is 2.69. The van der Waals surface area contributed by atoms with Crippen LogP contribution in [0.4, 0.5) is 0 Å². The van der Waals surface area contributed by atoms with Crippen molar-refractivity contribution in [3.8, 4) is 0 Å². The van der Waals surface area contributed by atoms with E-state index in [1.165, 1.54) is 18.4 Å². The Labute approximate surface area is 110 Å². The highest BCUT2D eigenvalue weighted by Gasteiger charge is 2.23. The molecule has 0 saturated heterocycles. The molecule has 100 valence electrons. The molecular formula is C15H23NO2. The number of nitrogens with one attached hydrogen (secondary N) is 1. The average Bonchev–Trinajstić information content (AvgIpc) is 3.27. The predicted octanol–water partition coefficient (Wildman–Crippen LogP) is 2.84. The molecule has 1 aromatic rings. The van der Waals surface area contributed by atoms with Gasteiger partial charge in [0.15, 0.2) is 0 Å². The first-order valence-electron chi connectivity index (χ1n) is 6.40. The molecule has 18 heavy (non-hydrogen) atoms. The van der Waals surface area contributed by atoms with Crippen LogP contribution in [0.3, 0.4) is 0 Å². The molecule has 1 aromatic carbocycles. The molecular weight excluding hydrogens is 226 g/mol. The number of hydrogen-bond acceptors (Lipinski definition) is 2. The second-order valence-electron chi connectivity index (χ2n) is 3.88. The van der Waals surface area contributed by atoms with Gasteiger partial charge in [-0.25, -0.2) is 0 Å². The lowest BCUT2D eigenvalue weighted by molar-refractivity contribution is -0.0979. The van der Waals surface area contributed by atoms with Crippen LogP contribution in [-0.2, 0) is 11.2 Å².